The lowest BCUT2D eigenvalue weighted by Crippen LogP contribution is -2.27. The number of amides is 1. The van der Waals surface area contributed by atoms with E-state index in [1.54, 1.807) is 24.4 Å². The summed E-state index contributed by atoms with van der Waals surface area (Å²) < 4.78 is 2.59. The van der Waals surface area contributed by atoms with Gasteiger partial charge in [-0.05, 0) is 28.1 Å². The zero-order valence-electron chi connectivity index (χ0n) is 9.93. The third-order valence-corrected chi connectivity index (χ3v) is 2.94. The molecule has 0 atom stereocenters. The standard InChI is InChI=1S/C12H13BrN4O/c1-17-8-7-14-11(17)5-6-15-12(18)9-3-2-4-10(13)16-9/h2-4,7-8H,5-6H2,1H3,(H,15,18). The number of halogens is 1. The van der Waals surface area contributed by atoms with E-state index in [2.05, 4.69) is 31.2 Å². The molecule has 18 heavy (non-hydrogen) atoms. The minimum atomic E-state index is -0.175. The fraction of sp³-hybridized carbons (Fsp3) is 0.250. The molecule has 0 aromatic carbocycles. The number of nitrogens with zero attached hydrogens (tertiary/aromatic N) is 3. The molecule has 0 aliphatic rings. The van der Waals surface area contributed by atoms with Gasteiger partial charge in [0, 0.05) is 32.4 Å². The van der Waals surface area contributed by atoms with E-state index in [1.807, 2.05) is 17.8 Å². The van der Waals surface area contributed by atoms with Gasteiger partial charge in [-0.1, -0.05) is 6.07 Å². The van der Waals surface area contributed by atoms with Crippen LogP contribution in [0.4, 0.5) is 0 Å². The molecule has 1 N–H and O–H groups in total. The molecular weight excluding hydrogens is 296 g/mol. The number of imidazole rings is 1. The van der Waals surface area contributed by atoms with E-state index in [-0.39, 0.29) is 5.91 Å². The summed E-state index contributed by atoms with van der Waals surface area (Å²) in [5, 5.41) is 2.82. The van der Waals surface area contributed by atoms with Crippen molar-refractivity contribution in [1.29, 1.82) is 0 Å². The van der Waals surface area contributed by atoms with Gasteiger partial charge in [0.15, 0.2) is 0 Å². The first-order valence-corrected chi connectivity index (χ1v) is 6.33. The summed E-state index contributed by atoms with van der Waals surface area (Å²) in [7, 11) is 1.93. The Bertz CT molecular complexity index is 553. The Balaban J connectivity index is 1.87. The topological polar surface area (TPSA) is 59.8 Å². The molecule has 2 heterocycles. The van der Waals surface area contributed by atoms with Crippen molar-refractivity contribution in [2.75, 3.05) is 6.54 Å². The van der Waals surface area contributed by atoms with E-state index in [1.165, 1.54) is 0 Å². The highest BCUT2D eigenvalue weighted by atomic mass is 79.9. The first-order chi connectivity index (χ1) is 8.66. The summed E-state index contributed by atoms with van der Waals surface area (Å²) in [6.45, 7) is 0.540. The highest BCUT2D eigenvalue weighted by Gasteiger charge is 2.07. The molecule has 2 rings (SSSR count). The molecule has 94 valence electrons. The predicted octanol–water partition coefficient (Wildman–Crippen LogP) is 1.55. The number of rotatable bonds is 4. The second-order valence-corrected chi connectivity index (χ2v) is 4.62. The van der Waals surface area contributed by atoms with Crippen LogP contribution in [-0.2, 0) is 13.5 Å². The second kappa shape index (κ2) is 5.77. The molecule has 0 spiro atoms. The van der Waals surface area contributed by atoms with Gasteiger partial charge in [0.25, 0.3) is 5.91 Å². The molecule has 0 aliphatic carbocycles. The van der Waals surface area contributed by atoms with Gasteiger partial charge in [-0.25, -0.2) is 9.97 Å². The molecule has 0 aliphatic heterocycles. The molecule has 0 radical (unpaired) electrons. The monoisotopic (exact) mass is 308 g/mol. The number of carbonyl (C=O) groups excluding carboxylic acids is 1. The van der Waals surface area contributed by atoms with Gasteiger partial charge in [-0.3, -0.25) is 4.79 Å². The molecule has 0 saturated heterocycles. The lowest BCUT2D eigenvalue weighted by Gasteiger charge is -2.05. The fourth-order valence-electron chi connectivity index (χ4n) is 1.55. The Morgan fingerprint density at radius 1 is 1.50 bits per heavy atom. The van der Waals surface area contributed by atoms with Crippen LogP contribution in [0.3, 0.4) is 0 Å². The summed E-state index contributed by atoms with van der Waals surface area (Å²) in [6.07, 6.45) is 4.32. The van der Waals surface area contributed by atoms with Crippen molar-refractivity contribution in [3.05, 3.63) is 46.7 Å². The smallest absolute Gasteiger partial charge is 0.269 e. The maximum atomic E-state index is 11.8. The van der Waals surface area contributed by atoms with E-state index < -0.39 is 0 Å². The average molecular weight is 309 g/mol. The summed E-state index contributed by atoms with van der Waals surface area (Å²) >= 11 is 3.24. The van der Waals surface area contributed by atoms with Gasteiger partial charge in [0.2, 0.25) is 0 Å². The minimum Gasteiger partial charge on any atom is -0.350 e. The summed E-state index contributed by atoms with van der Waals surface area (Å²) in [4.78, 5) is 20.1. The predicted molar refractivity (Wildman–Crippen MR) is 71.2 cm³/mol. The van der Waals surface area contributed by atoms with Crippen LogP contribution in [0, 0.1) is 0 Å². The lowest BCUT2D eigenvalue weighted by molar-refractivity contribution is 0.0949. The van der Waals surface area contributed by atoms with Gasteiger partial charge in [-0.2, -0.15) is 0 Å². The van der Waals surface area contributed by atoms with E-state index in [0.29, 0.717) is 23.3 Å². The normalized spacial score (nSPS) is 10.3. The van der Waals surface area contributed by atoms with Crippen molar-refractivity contribution < 1.29 is 4.79 Å². The highest BCUT2D eigenvalue weighted by molar-refractivity contribution is 9.10. The number of carbonyl (C=O) groups is 1. The molecule has 1 amide bonds. The number of hydrogen-bond donors (Lipinski definition) is 1. The van der Waals surface area contributed by atoms with Crippen LogP contribution in [0.2, 0.25) is 0 Å². The van der Waals surface area contributed by atoms with Crippen LogP contribution in [0.15, 0.2) is 35.2 Å². The van der Waals surface area contributed by atoms with Crippen LogP contribution in [-0.4, -0.2) is 27.0 Å². The number of pyridine rings is 1. The van der Waals surface area contributed by atoms with Gasteiger partial charge < -0.3 is 9.88 Å². The maximum absolute atomic E-state index is 11.8. The molecule has 0 saturated carbocycles. The van der Waals surface area contributed by atoms with E-state index >= 15 is 0 Å². The quantitative estimate of drug-likeness (QED) is 0.872. The molecular formula is C12H13BrN4O. The largest absolute Gasteiger partial charge is 0.350 e. The van der Waals surface area contributed by atoms with Crippen molar-refractivity contribution >= 4 is 21.8 Å². The zero-order valence-corrected chi connectivity index (χ0v) is 11.5. The summed E-state index contributed by atoms with van der Waals surface area (Å²) in [5.74, 6) is 0.767. The van der Waals surface area contributed by atoms with Crippen molar-refractivity contribution in [2.45, 2.75) is 6.42 Å². The Morgan fingerprint density at radius 2 is 2.33 bits per heavy atom. The Kier molecular flexibility index (Phi) is 4.09. The number of nitrogens with one attached hydrogen (secondary N) is 1. The van der Waals surface area contributed by atoms with Crippen molar-refractivity contribution in [3.63, 3.8) is 0 Å². The molecule has 2 aromatic heterocycles. The van der Waals surface area contributed by atoms with Crippen LogP contribution in [0.25, 0.3) is 0 Å². The van der Waals surface area contributed by atoms with Crippen molar-refractivity contribution in [3.8, 4) is 0 Å². The maximum Gasteiger partial charge on any atom is 0.269 e. The van der Waals surface area contributed by atoms with E-state index in [4.69, 9.17) is 0 Å². The Hall–Kier alpha value is -1.69. The Labute approximate surface area is 113 Å². The third kappa shape index (κ3) is 3.16. The first kappa shape index (κ1) is 12.8. The zero-order chi connectivity index (χ0) is 13.0. The van der Waals surface area contributed by atoms with Gasteiger partial charge in [-0.15, -0.1) is 0 Å². The molecule has 6 heteroatoms. The van der Waals surface area contributed by atoms with Crippen molar-refractivity contribution in [2.24, 2.45) is 7.05 Å². The van der Waals surface area contributed by atoms with Crippen LogP contribution >= 0.6 is 15.9 Å². The average Bonchev–Trinajstić information content (AvgIpc) is 2.75. The fourth-order valence-corrected chi connectivity index (χ4v) is 1.89. The van der Waals surface area contributed by atoms with Gasteiger partial charge in [0.05, 0.1) is 0 Å². The summed E-state index contributed by atoms with van der Waals surface area (Å²) in [5.41, 5.74) is 0.407. The van der Waals surface area contributed by atoms with E-state index in [0.717, 1.165) is 5.82 Å². The van der Waals surface area contributed by atoms with Crippen LogP contribution in [0.5, 0.6) is 0 Å². The lowest BCUT2D eigenvalue weighted by atomic mass is 10.3. The SMILES string of the molecule is Cn1ccnc1CCNC(=O)c1cccc(Br)n1. The molecule has 0 unspecified atom stereocenters. The van der Waals surface area contributed by atoms with E-state index in [9.17, 15) is 4.79 Å². The first-order valence-electron chi connectivity index (χ1n) is 5.54. The highest BCUT2D eigenvalue weighted by Crippen LogP contribution is 2.06. The second-order valence-electron chi connectivity index (χ2n) is 3.81. The van der Waals surface area contributed by atoms with Crippen molar-refractivity contribution in [1.82, 2.24) is 19.9 Å². The summed E-state index contributed by atoms with van der Waals surface area (Å²) in [6, 6.07) is 5.25. The number of aryl methyl sites for hydroxylation is 1. The van der Waals surface area contributed by atoms with Crippen LogP contribution < -0.4 is 5.32 Å². The Morgan fingerprint density at radius 3 is 3.00 bits per heavy atom. The van der Waals surface area contributed by atoms with Crippen LogP contribution in [0.1, 0.15) is 16.3 Å². The molecule has 0 bridgehead atoms. The number of aromatic nitrogens is 3. The molecule has 0 fully saturated rings. The molecule has 2 aromatic rings. The van der Waals surface area contributed by atoms with Gasteiger partial charge >= 0.3 is 0 Å². The van der Waals surface area contributed by atoms with Gasteiger partial charge in [0.1, 0.15) is 16.1 Å². The minimum absolute atomic E-state index is 0.175. The molecule has 5 nitrogen and oxygen atoms in total. The third-order valence-electron chi connectivity index (χ3n) is 2.50. The number of hydrogen-bond acceptors (Lipinski definition) is 3.